The fraction of sp³-hybridized carbons (Fsp3) is 0.417. The van der Waals surface area contributed by atoms with Crippen molar-refractivity contribution in [2.75, 3.05) is 13.7 Å². The summed E-state index contributed by atoms with van der Waals surface area (Å²) in [6.07, 6.45) is 8.78. The zero-order valence-electron chi connectivity index (χ0n) is 16.9. The first kappa shape index (κ1) is 20.9. The molecular formula is C24H30BrNO2. The van der Waals surface area contributed by atoms with Gasteiger partial charge in [0.1, 0.15) is 6.61 Å². The van der Waals surface area contributed by atoms with Crippen LogP contribution in [0, 0.1) is 6.92 Å². The van der Waals surface area contributed by atoms with E-state index in [0.717, 1.165) is 41.0 Å². The molecule has 2 aromatic rings. The molecule has 0 radical (unpaired) electrons. The van der Waals surface area contributed by atoms with Crippen molar-refractivity contribution >= 4 is 15.9 Å². The highest BCUT2D eigenvalue weighted by molar-refractivity contribution is 9.10. The summed E-state index contributed by atoms with van der Waals surface area (Å²) in [5.74, 6) is 1.52. The van der Waals surface area contributed by atoms with E-state index < -0.39 is 0 Å². The minimum Gasteiger partial charge on any atom is -0.493 e. The summed E-state index contributed by atoms with van der Waals surface area (Å²) in [6, 6.07) is 12.5. The van der Waals surface area contributed by atoms with Gasteiger partial charge in [-0.25, -0.2) is 0 Å². The standard InChI is InChI=1S/C24H30BrNO2/c1-18-8-10-20(11-9-18)17-28-24-15-22(25)21(14-23(24)27-2)16-26-13-12-19-6-4-3-5-7-19/h6,8-11,14-15,26H,3-5,7,12-13,16-17H2,1-2H3. The van der Waals surface area contributed by atoms with E-state index in [1.54, 1.807) is 12.7 Å². The lowest BCUT2D eigenvalue weighted by Gasteiger charge is -2.15. The van der Waals surface area contributed by atoms with E-state index >= 15 is 0 Å². The molecular weight excluding hydrogens is 414 g/mol. The van der Waals surface area contributed by atoms with Crippen LogP contribution in [0.5, 0.6) is 11.5 Å². The third kappa shape index (κ3) is 6.11. The van der Waals surface area contributed by atoms with Crippen LogP contribution >= 0.6 is 15.9 Å². The van der Waals surface area contributed by atoms with E-state index in [1.165, 1.54) is 36.8 Å². The van der Waals surface area contributed by atoms with Crippen molar-refractivity contribution in [1.29, 1.82) is 0 Å². The minimum atomic E-state index is 0.524. The summed E-state index contributed by atoms with van der Waals surface area (Å²) in [4.78, 5) is 0. The number of hydrogen-bond donors (Lipinski definition) is 1. The Balaban J connectivity index is 1.55. The van der Waals surface area contributed by atoms with Crippen molar-refractivity contribution in [1.82, 2.24) is 5.32 Å². The minimum absolute atomic E-state index is 0.524. The van der Waals surface area contributed by atoms with Gasteiger partial charge in [0.2, 0.25) is 0 Å². The maximum absolute atomic E-state index is 6.01. The molecule has 28 heavy (non-hydrogen) atoms. The average molecular weight is 444 g/mol. The van der Waals surface area contributed by atoms with Crippen LogP contribution in [0.3, 0.4) is 0 Å². The molecule has 0 spiro atoms. The Morgan fingerprint density at radius 2 is 1.89 bits per heavy atom. The molecule has 0 aliphatic heterocycles. The molecule has 0 unspecified atom stereocenters. The summed E-state index contributed by atoms with van der Waals surface area (Å²) in [5.41, 5.74) is 5.18. The van der Waals surface area contributed by atoms with Crippen molar-refractivity contribution in [3.05, 3.63) is 69.2 Å². The van der Waals surface area contributed by atoms with Crippen molar-refractivity contribution < 1.29 is 9.47 Å². The van der Waals surface area contributed by atoms with Gasteiger partial charge in [-0.3, -0.25) is 0 Å². The number of ether oxygens (including phenoxy) is 2. The van der Waals surface area contributed by atoms with Crippen LogP contribution in [0.4, 0.5) is 0 Å². The van der Waals surface area contributed by atoms with Gasteiger partial charge in [-0.2, -0.15) is 0 Å². The van der Waals surface area contributed by atoms with Crippen molar-refractivity contribution in [3.8, 4) is 11.5 Å². The van der Waals surface area contributed by atoms with E-state index in [1.807, 2.05) is 6.07 Å². The highest BCUT2D eigenvalue weighted by Gasteiger charge is 2.11. The summed E-state index contributed by atoms with van der Waals surface area (Å²) >= 11 is 3.69. The first-order valence-electron chi connectivity index (χ1n) is 10.1. The van der Waals surface area contributed by atoms with Gasteiger partial charge in [-0.15, -0.1) is 0 Å². The lowest BCUT2D eigenvalue weighted by molar-refractivity contribution is 0.284. The Bertz CT molecular complexity index is 799. The second-order valence-electron chi connectivity index (χ2n) is 7.40. The van der Waals surface area contributed by atoms with Crippen LogP contribution in [0.2, 0.25) is 0 Å². The van der Waals surface area contributed by atoms with Crippen molar-refractivity contribution in [2.24, 2.45) is 0 Å². The van der Waals surface area contributed by atoms with Gasteiger partial charge < -0.3 is 14.8 Å². The first-order chi connectivity index (χ1) is 13.7. The van der Waals surface area contributed by atoms with Gasteiger partial charge in [-0.05, 0) is 68.8 Å². The Labute approximate surface area is 177 Å². The number of aryl methyl sites for hydroxylation is 1. The predicted octanol–water partition coefficient (Wildman–Crippen LogP) is 6.33. The maximum atomic E-state index is 6.01. The Kier molecular flexibility index (Phi) is 7.99. The predicted molar refractivity (Wildman–Crippen MR) is 119 cm³/mol. The van der Waals surface area contributed by atoms with Gasteiger partial charge in [0, 0.05) is 11.0 Å². The molecule has 2 aromatic carbocycles. The van der Waals surface area contributed by atoms with Crippen LogP contribution < -0.4 is 14.8 Å². The number of benzene rings is 2. The second-order valence-corrected chi connectivity index (χ2v) is 8.26. The van der Waals surface area contributed by atoms with Crippen LogP contribution in [0.25, 0.3) is 0 Å². The first-order valence-corrected chi connectivity index (χ1v) is 10.9. The van der Waals surface area contributed by atoms with Gasteiger partial charge in [0.15, 0.2) is 11.5 Å². The van der Waals surface area contributed by atoms with Gasteiger partial charge in [-0.1, -0.05) is 57.4 Å². The molecule has 3 rings (SSSR count). The normalized spacial score (nSPS) is 13.9. The molecule has 0 atom stereocenters. The Morgan fingerprint density at radius 1 is 1.07 bits per heavy atom. The van der Waals surface area contributed by atoms with E-state index in [2.05, 4.69) is 64.6 Å². The summed E-state index contributed by atoms with van der Waals surface area (Å²) in [6.45, 7) is 4.42. The number of rotatable bonds is 9. The average Bonchev–Trinajstić information content (AvgIpc) is 2.72. The molecule has 150 valence electrons. The topological polar surface area (TPSA) is 30.5 Å². The van der Waals surface area contributed by atoms with E-state index in [-0.39, 0.29) is 0 Å². The molecule has 0 saturated heterocycles. The monoisotopic (exact) mass is 443 g/mol. The highest BCUT2D eigenvalue weighted by Crippen LogP contribution is 2.34. The molecule has 1 N–H and O–H groups in total. The van der Waals surface area contributed by atoms with Crippen LogP contribution in [0.15, 0.2) is 52.5 Å². The molecule has 4 heteroatoms. The maximum Gasteiger partial charge on any atom is 0.162 e. The highest BCUT2D eigenvalue weighted by atomic mass is 79.9. The second kappa shape index (κ2) is 10.7. The number of hydrogen-bond acceptors (Lipinski definition) is 3. The molecule has 0 fully saturated rings. The number of methoxy groups -OCH3 is 1. The Hall–Kier alpha value is -1.78. The van der Waals surface area contributed by atoms with Crippen LogP contribution in [0.1, 0.15) is 48.8 Å². The van der Waals surface area contributed by atoms with Crippen LogP contribution in [-0.4, -0.2) is 13.7 Å². The van der Waals surface area contributed by atoms with E-state index in [9.17, 15) is 0 Å². The molecule has 0 heterocycles. The summed E-state index contributed by atoms with van der Waals surface area (Å²) in [5, 5.41) is 3.56. The zero-order chi connectivity index (χ0) is 19.8. The molecule has 0 saturated carbocycles. The third-order valence-corrected chi connectivity index (χ3v) is 5.91. The number of halogens is 1. The van der Waals surface area contributed by atoms with Gasteiger partial charge >= 0.3 is 0 Å². The van der Waals surface area contributed by atoms with Gasteiger partial charge in [0.25, 0.3) is 0 Å². The smallest absolute Gasteiger partial charge is 0.162 e. The summed E-state index contributed by atoms with van der Waals surface area (Å²) < 4.78 is 12.6. The molecule has 1 aliphatic rings. The fourth-order valence-corrected chi connectivity index (χ4v) is 3.90. The number of nitrogens with one attached hydrogen (secondary N) is 1. The van der Waals surface area contributed by atoms with Gasteiger partial charge in [0.05, 0.1) is 7.11 Å². The molecule has 0 aromatic heterocycles. The molecule has 1 aliphatic carbocycles. The lowest BCUT2D eigenvalue weighted by atomic mass is 9.97. The van der Waals surface area contributed by atoms with E-state index in [4.69, 9.17) is 9.47 Å². The quantitative estimate of drug-likeness (QED) is 0.362. The zero-order valence-corrected chi connectivity index (χ0v) is 18.5. The SMILES string of the molecule is COc1cc(CNCCC2=CCCCC2)c(Br)cc1OCc1ccc(C)cc1. The largest absolute Gasteiger partial charge is 0.493 e. The van der Waals surface area contributed by atoms with Crippen molar-refractivity contribution in [3.63, 3.8) is 0 Å². The molecule has 0 bridgehead atoms. The molecule has 3 nitrogen and oxygen atoms in total. The fourth-order valence-electron chi connectivity index (χ4n) is 3.43. The van der Waals surface area contributed by atoms with Crippen molar-refractivity contribution in [2.45, 2.75) is 52.2 Å². The van der Waals surface area contributed by atoms with Crippen LogP contribution in [-0.2, 0) is 13.2 Å². The number of allylic oxidation sites excluding steroid dienone is 1. The van der Waals surface area contributed by atoms with E-state index in [0.29, 0.717) is 6.61 Å². The lowest BCUT2D eigenvalue weighted by Crippen LogP contribution is -2.16. The Morgan fingerprint density at radius 3 is 2.61 bits per heavy atom. The third-order valence-electron chi connectivity index (χ3n) is 5.17. The summed E-state index contributed by atoms with van der Waals surface area (Å²) in [7, 11) is 1.69. The molecule has 0 amide bonds.